The van der Waals surface area contributed by atoms with Gasteiger partial charge in [-0.05, 0) is 56.1 Å². The number of likely N-dealkylation sites (N-methyl/N-ethyl adjacent to an activating group) is 1. The van der Waals surface area contributed by atoms with Gasteiger partial charge in [0.05, 0.1) is 20.3 Å². The highest BCUT2D eigenvalue weighted by atomic mass is 16.5. The molecule has 168 valence electrons. The molecule has 1 N–H and O–H groups in total. The number of ether oxygens (including phenoxy) is 2. The maximum Gasteiger partial charge on any atom is 0.193 e. The molecule has 3 rings (SSSR count). The zero-order chi connectivity index (χ0) is 22.2. The van der Waals surface area contributed by atoms with E-state index in [2.05, 4.69) is 76.7 Å². The van der Waals surface area contributed by atoms with Gasteiger partial charge in [-0.25, -0.2) is 0 Å². The van der Waals surface area contributed by atoms with E-state index in [0.717, 1.165) is 43.5 Å². The van der Waals surface area contributed by atoms with Crippen molar-refractivity contribution >= 4 is 5.96 Å². The molecule has 2 aromatic rings. The van der Waals surface area contributed by atoms with Crippen LogP contribution in [0.25, 0.3) is 0 Å². The topological polar surface area (TPSA) is 49.3 Å². The van der Waals surface area contributed by atoms with Gasteiger partial charge in [0.1, 0.15) is 0 Å². The standard InChI is InChI=1S/C25H36N4O2/c1-26-25(29-14-13-20(18-29)15-19-9-7-6-8-10-19)27-17-22(28(2)3)21-11-12-23(30-4)24(16-21)31-5/h6-12,16,20,22H,13-15,17-18H2,1-5H3,(H,26,27). The number of rotatable bonds is 8. The summed E-state index contributed by atoms with van der Waals surface area (Å²) in [6, 6.07) is 17.1. The molecule has 2 unspecified atom stereocenters. The Hall–Kier alpha value is -2.73. The third kappa shape index (κ3) is 5.91. The summed E-state index contributed by atoms with van der Waals surface area (Å²) in [6.07, 6.45) is 2.32. The van der Waals surface area contributed by atoms with E-state index in [0.29, 0.717) is 5.92 Å². The van der Waals surface area contributed by atoms with Crippen LogP contribution in [-0.2, 0) is 6.42 Å². The van der Waals surface area contributed by atoms with Crippen LogP contribution in [0.5, 0.6) is 11.5 Å². The average Bonchev–Trinajstić information content (AvgIpc) is 3.25. The fourth-order valence-electron chi connectivity index (χ4n) is 4.32. The number of aliphatic imine (C=N–C) groups is 1. The van der Waals surface area contributed by atoms with Crippen molar-refractivity contribution in [3.8, 4) is 11.5 Å². The fourth-order valence-corrected chi connectivity index (χ4v) is 4.32. The maximum atomic E-state index is 5.50. The molecule has 2 atom stereocenters. The Bertz CT molecular complexity index is 854. The van der Waals surface area contributed by atoms with Gasteiger partial charge < -0.3 is 24.6 Å². The number of nitrogens with zero attached hydrogens (tertiary/aromatic N) is 3. The van der Waals surface area contributed by atoms with Crippen molar-refractivity contribution in [2.75, 3.05) is 55.0 Å². The van der Waals surface area contributed by atoms with Crippen molar-refractivity contribution in [1.82, 2.24) is 15.1 Å². The molecule has 0 aromatic heterocycles. The van der Waals surface area contributed by atoms with Crippen molar-refractivity contribution in [3.05, 3.63) is 59.7 Å². The average molecular weight is 425 g/mol. The minimum atomic E-state index is 0.180. The molecule has 31 heavy (non-hydrogen) atoms. The molecule has 0 bridgehead atoms. The Balaban J connectivity index is 1.62. The molecule has 0 radical (unpaired) electrons. The normalized spacial score (nSPS) is 17.7. The van der Waals surface area contributed by atoms with Crippen LogP contribution < -0.4 is 14.8 Å². The van der Waals surface area contributed by atoms with Crippen molar-refractivity contribution < 1.29 is 9.47 Å². The van der Waals surface area contributed by atoms with Gasteiger partial charge in [0.15, 0.2) is 17.5 Å². The maximum absolute atomic E-state index is 5.50. The molecule has 1 saturated heterocycles. The third-order valence-electron chi connectivity index (χ3n) is 6.03. The molecule has 1 aliphatic rings. The zero-order valence-electron chi connectivity index (χ0n) is 19.5. The van der Waals surface area contributed by atoms with Crippen molar-refractivity contribution in [2.45, 2.75) is 18.9 Å². The predicted molar refractivity (Wildman–Crippen MR) is 127 cm³/mol. The molecule has 1 fully saturated rings. The lowest BCUT2D eigenvalue weighted by molar-refractivity contribution is 0.293. The number of hydrogen-bond donors (Lipinski definition) is 1. The first kappa shape index (κ1) is 22.9. The molecule has 1 aliphatic heterocycles. The summed E-state index contributed by atoms with van der Waals surface area (Å²) >= 11 is 0. The SMILES string of the molecule is CN=C(NCC(c1ccc(OC)c(OC)c1)N(C)C)N1CCC(Cc2ccccc2)C1. The first-order valence-electron chi connectivity index (χ1n) is 10.9. The summed E-state index contributed by atoms with van der Waals surface area (Å²) in [6.45, 7) is 2.84. The smallest absolute Gasteiger partial charge is 0.193 e. The van der Waals surface area contributed by atoms with Crippen LogP contribution in [0.15, 0.2) is 53.5 Å². The number of benzene rings is 2. The number of guanidine groups is 1. The highest BCUT2D eigenvalue weighted by Gasteiger charge is 2.26. The molecule has 0 saturated carbocycles. The van der Waals surface area contributed by atoms with Crippen molar-refractivity contribution in [1.29, 1.82) is 0 Å². The third-order valence-corrected chi connectivity index (χ3v) is 6.03. The summed E-state index contributed by atoms with van der Waals surface area (Å²) < 4.78 is 10.9. The molecular weight excluding hydrogens is 388 g/mol. The van der Waals surface area contributed by atoms with E-state index in [1.807, 2.05) is 13.1 Å². The molecule has 2 aromatic carbocycles. The molecule has 0 spiro atoms. The molecular formula is C25H36N4O2. The number of methoxy groups -OCH3 is 2. The number of nitrogens with one attached hydrogen (secondary N) is 1. The first-order chi connectivity index (χ1) is 15.0. The van der Waals surface area contributed by atoms with Crippen LogP contribution in [0.1, 0.15) is 23.6 Å². The van der Waals surface area contributed by atoms with Gasteiger partial charge in [-0.15, -0.1) is 0 Å². The quantitative estimate of drug-likeness (QED) is 0.520. The van der Waals surface area contributed by atoms with Crippen LogP contribution in [0.2, 0.25) is 0 Å². The van der Waals surface area contributed by atoms with E-state index in [4.69, 9.17) is 9.47 Å². The number of likely N-dealkylation sites (tertiary alicyclic amines) is 1. The Kier molecular flexibility index (Phi) is 8.18. The second kappa shape index (κ2) is 11.0. The molecule has 0 aliphatic carbocycles. The van der Waals surface area contributed by atoms with Gasteiger partial charge in [0, 0.05) is 26.7 Å². The van der Waals surface area contributed by atoms with Crippen molar-refractivity contribution in [3.63, 3.8) is 0 Å². The summed E-state index contributed by atoms with van der Waals surface area (Å²) in [5.41, 5.74) is 2.59. The lowest BCUT2D eigenvalue weighted by Crippen LogP contribution is -2.43. The van der Waals surface area contributed by atoms with E-state index >= 15 is 0 Å². The van der Waals surface area contributed by atoms with Crippen molar-refractivity contribution in [2.24, 2.45) is 10.9 Å². The highest BCUT2D eigenvalue weighted by Crippen LogP contribution is 2.31. The Labute approximate surface area is 186 Å². The van der Waals surface area contributed by atoms with Gasteiger partial charge in [0.25, 0.3) is 0 Å². The summed E-state index contributed by atoms with van der Waals surface area (Å²) in [5, 5.41) is 3.60. The van der Waals surface area contributed by atoms with Gasteiger partial charge >= 0.3 is 0 Å². The van der Waals surface area contributed by atoms with Crippen LogP contribution in [0.3, 0.4) is 0 Å². The summed E-state index contributed by atoms with van der Waals surface area (Å²) in [4.78, 5) is 9.16. The number of hydrogen-bond acceptors (Lipinski definition) is 4. The van der Waals surface area contributed by atoms with E-state index in [9.17, 15) is 0 Å². The minimum absolute atomic E-state index is 0.180. The lowest BCUT2D eigenvalue weighted by atomic mass is 9.99. The fraction of sp³-hybridized carbons (Fsp3) is 0.480. The van der Waals surface area contributed by atoms with Gasteiger partial charge in [-0.2, -0.15) is 0 Å². The molecule has 0 amide bonds. The van der Waals surface area contributed by atoms with Crippen LogP contribution in [0.4, 0.5) is 0 Å². The summed E-state index contributed by atoms with van der Waals surface area (Å²) in [7, 11) is 9.39. The van der Waals surface area contributed by atoms with Crippen LogP contribution in [-0.4, -0.2) is 70.8 Å². The van der Waals surface area contributed by atoms with Gasteiger partial charge in [-0.3, -0.25) is 4.99 Å². The monoisotopic (exact) mass is 424 g/mol. The zero-order valence-corrected chi connectivity index (χ0v) is 19.5. The van der Waals surface area contributed by atoms with E-state index in [-0.39, 0.29) is 6.04 Å². The van der Waals surface area contributed by atoms with Crippen LogP contribution in [0, 0.1) is 5.92 Å². The minimum Gasteiger partial charge on any atom is -0.493 e. The lowest BCUT2D eigenvalue weighted by Gasteiger charge is -2.29. The van der Waals surface area contributed by atoms with E-state index in [1.165, 1.54) is 17.5 Å². The molecule has 1 heterocycles. The molecule has 6 nitrogen and oxygen atoms in total. The second-order valence-corrected chi connectivity index (χ2v) is 8.31. The Morgan fingerprint density at radius 1 is 1.13 bits per heavy atom. The van der Waals surface area contributed by atoms with Crippen LogP contribution >= 0.6 is 0 Å². The highest BCUT2D eigenvalue weighted by molar-refractivity contribution is 5.80. The second-order valence-electron chi connectivity index (χ2n) is 8.31. The van der Waals surface area contributed by atoms with E-state index in [1.54, 1.807) is 14.2 Å². The van der Waals surface area contributed by atoms with E-state index < -0.39 is 0 Å². The molecule has 6 heteroatoms. The van der Waals surface area contributed by atoms with Gasteiger partial charge in [-0.1, -0.05) is 36.4 Å². The largest absolute Gasteiger partial charge is 0.493 e. The predicted octanol–water partition coefficient (Wildman–Crippen LogP) is 3.45. The van der Waals surface area contributed by atoms with Gasteiger partial charge in [0.2, 0.25) is 0 Å². The first-order valence-corrected chi connectivity index (χ1v) is 10.9. The Morgan fingerprint density at radius 2 is 1.87 bits per heavy atom. The Morgan fingerprint density at radius 3 is 2.52 bits per heavy atom. The summed E-state index contributed by atoms with van der Waals surface area (Å²) in [5.74, 6) is 3.13.